The molecule has 3 N–H and O–H groups in total. The molecule has 128 valence electrons. The molecule has 0 aliphatic heterocycles. The third-order valence-electron chi connectivity index (χ3n) is 4.30. The van der Waals surface area contributed by atoms with Crippen LogP contribution < -0.4 is 10.6 Å². The van der Waals surface area contributed by atoms with Crippen LogP contribution in [-0.4, -0.2) is 38.6 Å². The molecule has 2 heterocycles. The Bertz CT molecular complexity index is 658. The standard InChI is InChI=1S/C17H23N5O2/c23-15-6-3-4-13(10-15)11-19-17(24)21-16-7-9-20-22(16)12-14-5-1-2-8-18-14/h1-2,5,7-9,13,15,23H,3-4,6,10-12H2,(H2,19,21,24). The van der Waals surface area contributed by atoms with Crippen molar-refractivity contribution in [3.8, 4) is 0 Å². The van der Waals surface area contributed by atoms with Gasteiger partial charge in [-0.25, -0.2) is 9.48 Å². The van der Waals surface area contributed by atoms with Crippen LogP contribution in [0.5, 0.6) is 0 Å². The van der Waals surface area contributed by atoms with E-state index >= 15 is 0 Å². The van der Waals surface area contributed by atoms with Gasteiger partial charge < -0.3 is 10.4 Å². The maximum atomic E-state index is 12.1. The SMILES string of the molecule is O=C(NCC1CCCC(O)C1)Nc1ccnn1Cc1ccccn1. The Labute approximate surface area is 141 Å². The average Bonchev–Trinajstić information content (AvgIpc) is 3.01. The van der Waals surface area contributed by atoms with Crippen LogP contribution in [0.1, 0.15) is 31.4 Å². The first-order valence-corrected chi connectivity index (χ1v) is 8.35. The number of aromatic nitrogens is 3. The number of anilines is 1. The van der Waals surface area contributed by atoms with Crippen molar-refractivity contribution in [3.05, 3.63) is 42.4 Å². The van der Waals surface area contributed by atoms with E-state index in [2.05, 4.69) is 20.7 Å². The Hall–Kier alpha value is -2.41. The minimum atomic E-state index is -0.252. The van der Waals surface area contributed by atoms with Gasteiger partial charge in [-0.05, 0) is 37.3 Å². The van der Waals surface area contributed by atoms with Gasteiger partial charge in [-0.1, -0.05) is 12.5 Å². The number of hydrogen-bond donors (Lipinski definition) is 3. The van der Waals surface area contributed by atoms with Crippen LogP contribution >= 0.6 is 0 Å². The predicted molar refractivity (Wildman–Crippen MR) is 90.6 cm³/mol. The van der Waals surface area contributed by atoms with E-state index in [0.717, 1.165) is 31.4 Å². The molecule has 0 saturated heterocycles. The monoisotopic (exact) mass is 329 g/mol. The summed E-state index contributed by atoms with van der Waals surface area (Å²) in [7, 11) is 0. The summed E-state index contributed by atoms with van der Waals surface area (Å²) in [6.07, 6.45) is 6.86. The predicted octanol–water partition coefficient (Wildman–Crippen LogP) is 2.00. The summed E-state index contributed by atoms with van der Waals surface area (Å²) in [5.41, 5.74) is 0.876. The lowest BCUT2D eigenvalue weighted by molar-refractivity contribution is 0.101. The van der Waals surface area contributed by atoms with E-state index in [-0.39, 0.29) is 12.1 Å². The second kappa shape index (κ2) is 7.92. The number of carbonyl (C=O) groups is 1. The summed E-state index contributed by atoms with van der Waals surface area (Å²) in [5, 5.41) is 19.6. The van der Waals surface area contributed by atoms with E-state index in [9.17, 15) is 9.90 Å². The van der Waals surface area contributed by atoms with Gasteiger partial charge in [0.05, 0.1) is 24.5 Å². The quantitative estimate of drug-likeness (QED) is 0.782. The highest BCUT2D eigenvalue weighted by atomic mass is 16.3. The summed E-state index contributed by atoms with van der Waals surface area (Å²) in [5.74, 6) is 0.972. The first kappa shape index (κ1) is 16.4. The van der Waals surface area contributed by atoms with Gasteiger partial charge in [-0.15, -0.1) is 0 Å². The van der Waals surface area contributed by atoms with Crippen LogP contribution in [0.15, 0.2) is 36.7 Å². The summed E-state index contributed by atoms with van der Waals surface area (Å²) >= 11 is 0. The smallest absolute Gasteiger partial charge is 0.320 e. The van der Waals surface area contributed by atoms with Gasteiger partial charge >= 0.3 is 6.03 Å². The maximum Gasteiger partial charge on any atom is 0.320 e. The zero-order valence-electron chi connectivity index (χ0n) is 13.6. The van der Waals surface area contributed by atoms with Crippen molar-refractivity contribution in [1.82, 2.24) is 20.1 Å². The van der Waals surface area contributed by atoms with E-state index in [1.807, 2.05) is 18.2 Å². The van der Waals surface area contributed by atoms with Gasteiger partial charge in [-0.3, -0.25) is 10.3 Å². The molecular weight excluding hydrogens is 306 g/mol. The fraction of sp³-hybridized carbons (Fsp3) is 0.471. The number of urea groups is 1. The highest BCUT2D eigenvalue weighted by Crippen LogP contribution is 2.23. The summed E-state index contributed by atoms with van der Waals surface area (Å²) in [6.45, 7) is 1.08. The number of nitrogens with one attached hydrogen (secondary N) is 2. The van der Waals surface area contributed by atoms with Crippen molar-refractivity contribution in [1.29, 1.82) is 0 Å². The van der Waals surface area contributed by atoms with Crippen LogP contribution in [-0.2, 0) is 6.54 Å². The molecule has 24 heavy (non-hydrogen) atoms. The van der Waals surface area contributed by atoms with Gasteiger partial charge in [-0.2, -0.15) is 5.10 Å². The Balaban J connectivity index is 1.51. The van der Waals surface area contributed by atoms with Gasteiger partial charge in [0.1, 0.15) is 5.82 Å². The highest BCUT2D eigenvalue weighted by molar-refractivity contribution is 5.88. The van der Waals surface area contributed by atoms with E-state index in [4.69, 9.17) is 0 Å². The Morgan fingerprint density at radius 2 is 2.21 bits per heavy atom. The fourth-order valence-electron chi connectivity index (χ4n) is 3.06. The van der Waals surface area contributed by atoms with E-state index in [0.29, 0.717) is 24.8 Å². The number of aliphatic hydroxyl groups is 1. The molecule has 0 bridgehead atoms. The molecule has 1 aliphatic carbocycles. The van der Waals surface area contributed by atoms with Crippen molar-refractivity contribution >= 4 is 11.8 Å². The Kier molecular flexibility index (Phi) is 5.43. The first-order chi connectivity index (χ1) is 11.7. The topological polar surface area (TPSA) is 92.1 Å². The van der Waals surface area contributed by atoms with Crippen molar-refractivity contribution in [2.45, 2.75) is 38.3 Å². The second-order valence-electron chi connectivity index (χ2n) is 6.22. The van der Waals surface area contributed by atoms with Crippen molar-refractivity contribution in [2.24, 2.45) is 5.92 Å². The van der Waals surface area contributed by atoms with Gasteiger partial charge in [0.15, 0.2) is 0 Å². The van der Waals surface area contributed by atoms with E-state index in [1.165, 1.54) is 0 Å². The highest BCUT2D eigenvalue weighted by Gasteiger charge is 2.20. The minimum Gasteiger partial charge on any atom is -0.393 e. The number of hydrogen-bond acceptors (Lipinski definition) is 4. The zero-order valence-corrected chi connectivity index (χ0v) is 13.6. The van der Waals surface area contributed by atoms with Crippen LogP contribution in [0.4, 0.5) is 10.6 Å². The second-order valence-corrected chi connectivity index (χ2v) is 6.22. The molecule has 1 fully saturated rings. The largest absolute Gasteiger partial charge is 0.393 e. The molecule has 2 atom stereocenters. The summed E-state index contributed by atoms with van der Waals surface area (Å²) in [6, 6.07) is 7.20. The van der Waals surface area contributed by atoms with Crippen molar-refractivity contribution < 1.29 is 9.90 Å². The minimum absolute atomic E-state index is 0.228. The number of aliphatic hydroxyl groups excluding tert-OH is 1. The molecule has 2 unspecified atom stereocenters. The van der Waals surface area contributed by atoms with Crippen LogP contribution in [0.2, 0.25) is 0 Å². The Morgan fingerprint density at radius 3 is 3.00 bits per heavy atom. The fourth-order valence-corrected chi connectivity index (χ4v) is 3.06. The normalized spacial score (nSPS) is 20.5. The van der Waals surface area contributed by atoms with Crippen molar-refractivity contribution in [2.75, 3.05) is 11.9 Å². The van der Waals surface area contributed by atoms with Crippen LogP contribution in [0.3, 0.4) is 0 Å². The van der Waals surface area contributed by atoms with Gasteiger partial charge in [0, 0.05) is 18.8 Å². The molecule has 3 rings (SSSR count). The van der Waals surface area contributed by atoms with E-state index < -0.39 is 0 Å². The van der Waals surface area contributed by atoms with Crippen molar-refractivity contribution in [3.63, 3.8) is 0 Å². The van der Waals surface area contributed by atoms with Gasteiger partial charge in [0.25, 0.3) is 0 Å². The molecule has 7 heteroatoms. The molecule has 7 nitrogen and oxygen atoms in total. The van der Waals surface area contributed by atoms with Gasteiger partial charge in [0.2, 0.25) is 0 Å². The molecule has 0 radical (unpaired) electrons. The summed E-state index contributed by atoms with van der Waals surface area (Å²) in [4.78, 5) is 16.4. The molecule has 1 aliphatic rings. The zero-order chi connectivity index (χ0) is 16.8. The number of nitrogens with zero attached hydrogens (tertiary/aromatic N) is 3. The first-order valence-electron chi connectivity index (χ1n) is 8.35. The van der Waals surface area contributed by atoms with Crippen LogP contribution in [0.25, 0.3) is 0 Å². The molecule has 1 saturated carbocycles. The number of rotatable bonds is 5. The van der Waals surface area contributed by atoms with E-state index in [1.54, 1.807) is 23.1 Å². The lowest BCUT2D eigenvalue weighted by Crippen LogP contribution is -2.36. The summed E-state index contributed by atoms with van der Waals surface area (Å²) < 4.78 is 1.70. The lowest BCUT2D eigenvalue weighted by atomic mass is 9.87. The third-order valence-corrected chi connectivity index (χ3v) is 4.30. The molecule has 0 spiro atoms. The third kappa shape index (κ3) is 4.55. The molecule has 2 aromatic heterocycles. The Morgan fingerprint density at radius 1 is 1.29 bits per heavy atom. The molecular formula is C17H23N5O2. The lowest BCUT2D eigenvalue weighted by Gasteiger charge is -2.25. The maximum absolute atomic E-state index is 12.1. The molecule has 2 amide bonds. The number of carbonyl (C=O) groups excluding carboxylic acids is 1. The number of pyridine rings is 1. The average molecular weight is 329 g/mol. The number of amides is 2. The van der Waals surface area contributed by atoms with Crippen LogP contribution in [0, 0.1) is 5.92 Å². The molecule has 2 aromatic rings. The molecule has 0 aromatic carbocycles.